The smallest absolute Gasteiger partial charge is 0.418 e. The van der Waals surface area contributed by atoms with Gasteiger partial charge < -0.3 is 10.1 Å². The van der Waals surface area contributed by atoms with Crippen LogP contribution in [-0.4, -0.2) is 12.5 Å². The van der Waals surface area contributed by atoms with Crippen molar-refractivity contribution in [3.63, 3.8) is 0 Å². The minimum atomic E-state index is -4.72. The van der Waals surface area contributed by atoms with E-state index in [1.165, 1.54) is 6.07 Å². The van der Waals surface area contributed by atoms with Crippen molar-refractivity contribution in [2.75, 3.05) is 11.9 Å². The standard InChI is InChI=1S/C15H9ClF5NO2/c16-8-1-3-12(10(5-8)15(19,20)21)22-14(23)7-24-13-4-2-9(17)6-11(13)18/h1-6H,7H2,(H,22,23). The third kappa shape index (κ3) is 4.58. The first-order valence-corrected chi connectivity index (χ1v) is 6.79. The highest BCUT2D eigenvalue weighted by atomic mass is 35.5. The number of ether oxygens (including phenoxy) is 1. The number of alkyl halides is 3. The number of rotatable bonds is 4. The van der Waals surface area contributed by atoms with Gasteiger partial charge in [0.25, 0.3) is 5.91 Å². The van der Waals surface area contributed by atoms with E-state index in [1.807, 2.05) is 5.32 Å². The zero-order valence-electron chi connectivity index (χ0n) is 11.8. The molecule has 2 aromatic carbocycles. The van der Waals surface area contributed by atoms with E-state index in [-0.39, 0.29) is 5.02 Å². The van der Waals surface area contributed by atoms with Crippen molar-refractivity contribution >= 4 is 23.2 Å². The molecule has 0 spiro atoms. The van der Waals surface area contributed by atoms with E-state index in [9.17, 15) is 26.7 Å². The Balaban J connectivity index is 2.08. The summed E-state index contributed by atoms with van der Waals surface area (Å²) in [5, 5.41) is 1.86. The third-order valence-corrected chi connectivity index (χ3v) is 3.05. The van der Waals surface area contributed by atoms with Gasteiger partial charge >= 0.3 is 6.18 Å². The highest BCUT2D eigenvalue weighted by Crippen LogP contribution is 2.36. The van der Waals surface area contributed by atoms with Crippen LogP contribution in [0.2, 0.25) is 5.02 Å². The molecular weight excluding hydrogens is 357 g/mol. The molecule has 3 nitrogen and oxygen atoms in total. The predicted octanol–water partition coefficient (Wildman–Crippen LogP) is 4.65. The Morgan fingerprint density at radius 1 is 1.12 bits per heavy atom. The lowest BCUT2D eigenvalue weighted by Crippen LogP contribution is -2.22. The molecule has 128 valence electrons. The first-order valence-electron chi connectivity index (χ1n) is 6.41. The van der Waals surface area contributed by atoms with E-state index in [4.69, 9.17) is 16.3 Å². The van der Waals surface area contributed by atoms with Crippen LogP contribution < -0.4 is 10.1 Å². The molecule has 0 saturated carbocycles. The predicted molar refractivity (Wildman–Crippen MR) is 76.9 cm³/mol. The summed E-state index contributed by atoms with van der Waals surface area (Å²) in [6.07, 6.45) is -4.72. The molecule has 0 heterocycles. The number of hydrogen-bond donors (Lipinski definition) is 1. The lowest BCUT2D eigenvalue weighted by atomic mass is 10.1. The summed E-state index contributed by atoms with van der Waals surface area (Å²) in [5.74, 6) is -3.23. The average Bonchev–Trinajstić information content (AvgIpc) is 2.47. The molecule has 0 saturated heterocycles. The Morgan fingerprint density at radius 2 is 1.83 bits per heavy atom. The van der Waals surface area contributed by atoms with Crippen molar-refractivity contribution in [3.8, 4) is 5.75 Å². The van der Waals surface area contributed by atoms with Gasteiger partial charge in [0.2, 0.25) is 0 Å². The van der Waals surface area contributed by atoms with Crippen molar-refractivity contribution in [2.45, 2.75) is 6.18 Å². The largest absolute Gasteiger partial charge is 0.481 e. The number of nitrogens with one attached hydrogen (secondary N) is 1. The molecule has 2 aromatic rings. The molecule has 0 aliphatic carbocycles. The van der Waals surface area contributed by atoms with Gasteiger partial charge in [0, 0.05) is 11.1 Å². The van der Waals surface area contributed by atoms with E-state index in [0.29, 0.717) is 12.1 Å². The Morgan fingerprint density at radius 3 is 2.46 bits per heavy atom. The fourth-order valence-electron chi connectivity index (χ4n) is 1.78. The van der Waals surface area contributed by atoms with Gasteiger partial charge in [0.1, 0.15) is 5.82 Å². The van der Waals surface area contributed by atoms with Crippen LogP contribution in [0.25, 0.3) is 0 Å². The normalized spacial score (nSPS) is 11.2. The second-order valence-corrected chi connectivity index (χ2v) is 5.04. The van der Waals surface area contributed by atoms with Gasteiger partial charge in [-0.1, -0.05) is 11.6 Å². The van der Waals surface area contributed by atoms with E-state index in [1.54, 1.807) is 0 Å². The molecule has 9 heteroatoms. The van der Waals surface area contributed by atoms with Crippen molar-refractivity contribution in [1.29, 1.82) is 0 Å². The third-order valence-electron chi connectivity index (χ3n) is 2.81. The maximum absolute atomic E-state index is 13.3. The maximum atomic E-state index is 13.3. The first kappa shape index (κ1) is 18.0. The second-order valence-electron chi connectivity index (χ2n) is 4.60. The number of halogens is 6. The molecule has 0 radical (unpaired) electrons. The molecule has 0 aliphatic heterocycles. The second kappa shape index (κ2) is 7.04. The molecule has 2 rings (SSSR count). The van der Waals surface area contributed by atoms with Crippen molar-refractivity contribution in [3.05, 3.63) is 58.6 Å². The SMILES string of the molecule is O=C(COc1ccc(F)cc1F)Nc1ccc(Cl)cc1C(F)(F)F. The minimum absolute atomic E-state index is 0.148. The zero-order valence-corrected chi connectivity index (χ0v) is 12.5. The van der Waals surface area contributed by atoms with Crippen LogP contribution in [0, 0.1) is 11.6 Å². The highest BCUT2D eigenvalue weighted by Gasteiger charge is 2.34. The van der Waals surface area contributed by atoms with Gasteiger partial charge in [0.05, 0.1) is 11.3 Å². The number of benzene rings is 2. The summed E-state index contributed by atoms with van der Waals surface area (Å²) in [4.78, 5) is 11.7. The topological polar surface area (TPSA) is 38.3 Å². The van der Waals surface area contributed by atoms with Crippen LogP contribution in [0.3, 0.4) is 0 Å². The molecule has 0 atom stereocenters. The molecule has 1 amide bonds. The highest BCUT2D eigenvalue weighted by molar-refractivity contribution is 6.30. The van der Waals surface area contributed by atoms with Crippen LogP contribution in [-0.2, 0) is 11.0 Å². The minimum Gasteiger partial charge on any atom is -0.481 e. The summed E-state index contributed by atoms with van der Waals surface area (Å²) < 4.78 is 69.6. The fraction of sp³-hybridized carbons (Fsp3) is 0.133. The van der Waals surface area contributed by atoms with Gasteiger partial charge in [0.15, 0.2) is 18.2 Å². The maximum Gasteiger partial charge on any atom is 0.418 e. The zero-order chi connectivity index (χ0) is 17.9. The molecule has 24 heavy (non-hydrogen) atoms. The molecular formula is C15H9ClF5NO2. The van der Waals surface area contributed by atoms with Gasteiger partial charge in [-0.2, -0.15) is 13.2 Å². The summed E-state index contributed by atoms with van der Waals surface area (Å²) in [6, 6.07) is 5.25. The molecule has 1 N–H and O–H groups in total. The van der Waals surface area contributed by atoms with Crippen LogP contribution >= 0.6 is 11.6 Å². The van der Waals surface area contributed by atoms with Crippen molar-refractivity contribution < 1.29 is 31.5 Å². The van der Waals surface area contributed by atoms with E-state index < -0.39 is 47.3 Å². The molecule has 0 unspecified atom stereocenters. The van der Waals surface area contributed by atoms with Crippen molar-refractivity contribution in [2.24, 2.45) is 0 Å². The van der Waals surface area contributed by atoms with Gasteiger partial charge in [-0.25, -0.2) is 8.78 Å². The lowest BCUT2D eigenvalue weighted by Gasteiger charge is -2.14. The summed E-state index contributed by atoms with van der Waals surface area (Å²) >= 11 is 5.52. The lowest BCUT2D eigenvalue weighted by molar-refractivity contribution is -0.137. The van der Waals surface area contributed by atoms with Gasteiger partial charge in [-0.05, 0) is 30.3 Å². The summed E-state index contributed by atoms with van der Waals surface area (Å²) in [5.41, 5.74) is -1.64. The number of amides is 1. The van der Waals surface area contributed by atoms with Crippen LogP contribution in [0.15, 0.2) is 36.4 Å². The van der Waals surface area contributed by atoms with E-state index in [2.05, 4.69) is 0 Å². The van der Waals surface area contributed by atoms with Crippen LogP contribution in [0.4, 0.5) is 27.6 Å². The summed E-state index contributed by atoms with van der Waals surface area (Å²) in [6.45, 7) is -0.761. The average molecular weight is 366 g/mol. The summed E-state index contributed by atoms with van der Waals surface area (Å²) in [7, 11) is 0. The van der Waals surface area contributed by atoms with E-state index in [0.717, 1.165) is 18.2 Å². The Labute approximate surface area is 138 Å². The Bertz CT molecular complexity index is 764. The van der Waals surface area contributed by atoms with Gasteiger partial charge in [-0.3, -0.25) is 4.79 Å². The number of carbonyl (C=O) groups is 1. The molecule has 0 fully saturated rings. The fourth-order valence-corrected chi connectivity index (χ4v) is 1.95. The van der Waals surface area contributed by atoms with Crippen molar-refractivity contribution in [1.82, 2.24) is 0 Å². The Kier molecular flexibility index (Phi) is 5.28. The monoisotopic (exact) mass is 365 g/mol. The van der Waals surface area contributed by atoms with Crippen LogP contribution in [0.1, 0.15) is 5.56 Å². The van der Waals surface area contributed by atoms with E-state index >= 15 is 0 Å². The number of hydrogen-bond acceptors (Lipinski definition) is 2. The molecule has 0 aliphatic rings. The first-order chi connectivity index (χ1) is 11.2. The molecule has 0 aromatic heterocycles. The van der Waals surface area contributed by atoms with Gasteiger partial charge in [-0.15, -0.1) is 0 Å². The quantitative estimate of drug-likeness (QED) is 0.801. The number of carbonyl (C=O) groups excluding carboxylic acids is 1. The number of anilines is 1. The van der Waals surface area contributed by atoms with Crippen LogP contribution in [0.5, 0.6) is 5.75 Å². The molecule has 0 bridgehead atoms. The Hall–Kier alpha value is -2.35.